The fourth-order valence-corrected chi connectivity index (χ4v) is 3.51. The van der Waals surface area contributed by atoms with E-state index < -0.39 is 10.0 Å². The molecule has 0 bridgehead atoms. The van der Waals surface area contributed by atoms with Gasteiger partial charge in [0.1, 0.15) is 5.82 Å². The number of nitrogens with zero attached hydrogens (tertiary/aromatic N) is 3. The summed E-state index contributed by atoms with van der Waals surface area (Å²) in [6.07, 6.45) is 2.86. The standard InChI is InChI=1S/C12H20N4O3S/c1-3-4-16-12(9(2)6-14-16)15-7-10(5-11(15)17)8-20(13,18)19/h6,10H,3-5,7-8H2,1-2H3,(H2,13,18,19). The van der Waals surface area contributed by atoms with Gasteiger partial charge in [0.2, 0.25) is 15.9 Å². The molecule has 2 N–H and O–H groups in total. The number of hydrogen-bond donors (Lipinski definition) is 1. The van der Waals surface area contributed by atoms with E-state index in [0.717, 1.165) is 24.3 Å². The van der Waals surface area contributed by atoms with Crippen LogP contribution in [0, 0.1) is 12.8 Å². The third kappa shape index (κ3) is 3.18. The van der Waals surface area contributed by atoms with Crippen LogP contribution in [-0.4, -0.2) is 36.4 Å². The number of carbonyl (C=O) groups is 1. The minimum Gasteiger partial charge on any atom is -0.296 e. The quantitative estimate of drug-likeness (QED) is 0.842. The van der Waals surface area contributed by atoms with Crippen molar-refractivity contribution in [3.8, 4) is 0 Å². The number of hydrogen-bond acceptors (Lipinski definition) is 4. The molecule has 1 atom stereocenters. The van der Waals surface area contributed by atoms with Crippen LogP contribution < -0.4 is 10.0 Å². The molecule has 1 saturated heterocycles. The Morgan fingerprint density at radius 2 is 2.20 bits per heavy atom. The van der Waals surface area contributed by atoms with Crippen molar-refractivity contribution in [3.05, 3.63) is 11.8 Å². The summed E-state index contributed by atoms with van der Waals surface area (Å²) in [5.74, 6) is 0.297. The molecule has 112 valence electrons. The predicted octanol–water partition coefficient (Wildman–Crippen LogP) is 0.243. The van der Waals surface area contributed by atoms with E-state index in [1.54, 1.807) is 15.8 Å². The summed E-state index contributed by atoms with van der Waals surface area (Å²) in [4.78, 5) is 13.8. The van der Waals surface area contributed by atoms with Gasteiger partial charge in [-0.15, -0.1) is 0 Å². The molecule has 1 aliphatic rings. The molecule has 1 unspecified atom stereocenters. The molecule has 0 aliphatic carbocycles. The largest absolute Gasteiger partial charge is 0.296 e. The normalized spacial score (nSPS) is 19.9. The zero-order valence-corrected chi connectivity index (χ0v) is 12.6. The summed E-state index contributed by atoms with van der Waals surface area (Å²) in [7, 11) is -3.55. The van der Waals surface area contributed by atoms with E-state index in [-0.39, 0.29) is 24.0 Å². The first-order valence-electron chi connectivity index (χ1n) is 6.65. The van der Waals surface area contributed by atoms with Gasteiger partial charge in [-0.1, -0.05) is 6.92 Å². The smallest absolute Gasteiger partial charge is 0.228 e. The van der Waals surface area contributed by atoms with Gasteiger partial charge < -0.3 is 0 Å². The van der Waals surface area contributed by atoms with Crippen molar-refractivity contribution in [3.63, 3.8) is 0 Å². The maximum atomic E-state index is 12.1. The molecule has 0 radical (unpaired) electrons. The van der Waals surface area contributed by atoms with Gasteiger partial charge in [-0.05, 0) is 13.3 Å². The summed E-state index contributed by atoms with van der Waals surface area (Å²) in [5, 5.41) is 9.32. The first-order valence-corrected chi connectivity index (χ1v) is 8.36. The zero-order chi connectivity index (χ0) is 14.9. The number of primary sulfonamides is 1. The second-order valence-electron chi connectivity index (χ2n) is 5.28. The Morgan fingerprint density at radius 3 is 2.80 bits per heavy atom. The highest BCUT2D eigenvalue weighted by Crippen LogP contribution is 2.28. The monoisotopic (exact) mass is 300 g/mol. The minimum atomic E-state index is -3.55. The van der Waals surface area contributed by atoms with Gasteiger partial charge >= 0.3 is 0 Å². The molecule has 1 aliphatic heterocycles. The maximum Gasteiger partial charge on any atom is 0.228 e. The number of nitrogens with two attached hydrogens (primary N) is 1. The third-order valence-electron chi connectivity index (χ3n) is 3.35. The van der Waals surface area contributed by atoms with Crippen LogP contribution in [0.1, 0.15) is 25.3 Å². The number of aromatic nitrogens is 2. The van der Waals surface area contributed by atoms with Crippen molar-refractivity contribution in [2.45, 2.75) is 33.2 Å². The van der Waals surface area contributed by atoms with Crippen LogP contribution in [0.5, 0.6) is 0 Å². The average Bonchev–Trinajstić information content (AvgIpc) is 2.81. The Hall–Kier alpha value is -1.41. The fraction of sp³-hybridized carbons (Fsp3) is 0.667. The van der Waals surface area contributed by atoms with Crippen LogP contribution in [-0.2, 0) is 21.4 Å². The van der Waals surface area contributed by atoms with E-state index >= 15 is 0 Å². The van der Waals surface area contributed by atoms with Crippen LogP contribution >= 0.6 is 0 Å². The number of carbonyl (C=O) groups excluding carboxylic acids is 1. The van der Waals surface area contributed by atoms with Crippen molar-refractivity contribution in [1.82, 2.24) is 9.78 Å². The molecule has 0 spiro atoms. The molecule has 8 heteroatoms. The highest BCUT2D eigenvalue weighted by Gasteiger charge is 2.35. The van der Waals surface area contributed by atoms with Gasteiger partial charge in [-0.2, -0.15) is 5.10 Å². The van der Waals surface area contributed by atoms with E-state index in [9.17, 15) is 13.2 Å². The zero-order valence-electron chi connectivity index (χ0n) is 11.7. The van der Waals surface area contributed by atoms with Crippen LogP contribution in [0.2, 0.25) is 0 Å². The van der Waals surface area contributed by atoms with Crippen LogP contribution in [0.3, 0.4) is 0 Å². The highest BCUT2D eigenvalue weighted by molar-refractivity contribution is 7.89. The second-order valence-corrected chi connectivity index (χ2v) is 6.94. The molecule has 20 heavy (non-hydrogen) atoms. The molecule has 2 heterocycles. The van der Waals surface area contributed by atoms with Crippen molar-refractivity contribution in [2.75, 3.05) is 17.2 Å². The molecular weight excluding hydrogens is 280 g/mol. The third-order valence-corrected chi connectivity index (χ3v) is 4.29. The molecule has 1 fully saturated rings. The molecule has 0 aromatic carbocycles. The van der Waals surface area contributed by atoms with Gasteiger partial charge in [0.15, 0.2) is 0 Å². The van der Waals surface area contributed by atoms with Crippen molar-refractivity contribution in [2.24, 2.45) is 11.1 Å². The number of amides is 1. The summed E-state index contributed by atoms with van der Waals surface area (Å²) in [6, 6.07) is 0. The predicted molar refractivity (Wildman–Crippen MR) is 75.7 cm³/mol. The minimum absolute atomic E-state index is 0.0698. The molecule has 2 rings (SSSR count). The van der Waals surface area contributed by atoms with E-state index in [1.807, 2.05) is 13.8 Å². The summed E-state index contributed by atoms with van der Waals surface area (Å²) in [5.41, 5.74) is 0.919. The van der Waals surface area contributed by atoms with Gasteiger partial charge in [-0.25, -0.2) is 18.2 Å². The Bertz CT molecular complexity index is 608. The molecule has 1 aromatic heterocycles. The SMILES string of the molecule is CCCn1ncc(C)c1N1CC(CS(N)(=O)=O)CC1=O. The Morgan fingerprint density at radius 1 is 1.50 bits per heavy atom. The fourth-order valence-electron chi connectivity index (χ4n) is 2.63. The van der Waals surface area contributed by atoms with Crippen LogP contribution in [0.25, 0.3) is 0 Å². The van der Waals surface area contributed by atoms with Crippen LogP contribution in [0.4, 0.5) is 5.82 Å². The summed E-state index contributed by atoms with van der Waals surface area (Å²) >= 11 is 0. The average molecular weight is 300 g/mol. The lowest BCUT2D eigenvalue weighted by Crippen LogP contribution is -2.29. The Labute approximate surface area is 118 Å². The van der Waals surface area contributed by atoms with Crippen LogP contribution in [0.15, 0.2) is 6.20 Å². The topological polar surface area (TPSA) is 98.3 Å². The number of anilines is 1. The number of sulfonamides is 1. The van der Waals surface area contributed by atoms with E-state index in [0.29, 0.717) is 6.54 Å². The molecular formula is C12H20N4O3S. The molecule has 1 aromatic rings. The summed E-state index contributed by atoms with van der Waals surface area (Å²) in [6.45, 7) is 5.05. The first-order chi connectivity index (χ1) is 9.31. The lowest BCUT2D eigenvalue weighted by Gasteiger charge is -2.19. The number of aryl methyl sites for hydroxylation is 2. The van der Waals surface area contributed by atoms with Crippen molar-refractivity contribution >= 4 is 21.7 Å². The number of rotatable bonds is 5. The van der Waals surface area contributed by atoms with Gasteiger partial charge in [-0.3, -0.25) is 9.69 Å². The van der Waals surface area contributed by atoms with Gasteiger partial charge in [0.25, 0.3) is 0 Å². The van der Waals surface area contributed by atoms with E-state index in [4.69, 9.17) is 5.14 Å². The molecule has 0 saturated carbocycles. The molecule has 1 amide bonds. The van der Waals surface area contributed by atoms with E-state index in [2.05, 4.69) is 5.10 Å². The van der Waals surface area contributed by atoms with Crippen molar-refractivity contribution in [1.29, 1.82) is 0 Å². The van der Waals surface area contributed by atoms with Crippen molar-refractivity contribution < 1.29 is 13.2 Å². The first kappa shape index (κ1) is 15.0. The summed E-state index contributed by atoms with van der Waals surface area (Å²) < 4.78 is 24.1. The van der Waals surface area contributed by atoms with Gasteiger partial charge in [0.05, 0.1) is 11.9 Å². The van der Waals surface area contributed by atoms with Gasteiger partial charge in [0, 0.05) is 31.0 Å². The molecule has 7 nitrogen and oxygen atoms in total. The highest BCUT2D eigenvalue weighted by atomic mass is 32.2. The Balaban J connectivity index is 2.22. The van der Waals surface area contributed by atoms with E-state index in [1.165, 1.54) is 0 Å². The Kier molecular flexibility index (Phi) is 4.14. The lowest BCUT2D eigenvalue weighted by molar-refractivity contribution is -0.117. The maximum absolute atomic E-state index is 12.1. The lowest BCUT2D eigenvalue weighted by atomic mass is 10.1. The second kappa shape index (κ2) is 5.53.